The van der Waals surface area contributed by atoms with Crippen LogP contribution in [0.5, 0.6) is 0 Å². The molecule has 4 heteroatoms. The zero-order valence-corrected chi connectivity index (χ0v) is 11.7. The van der Waals surface area contributed by atoms with E-state index in [1.807, 2.05) is 11.6 Å². The molecule has 0 aliphatic rings. The molecule has 0 aromatic carbocycles. The highest BCUT2D eigenvalue weighted by atomic mass is 16.5. The Morgan fingerprint density at radius 3 is 2.71 bits per heavy atom. The summed E-state index contributed by atoms with van der Waals surface area (Å²) in [6.45, 7) is 11.1. The molecule has 0 fully saturated rings. The third-order valence-electron chi connectivity index (χ3n) is 2.98. The van der Waals surface area contributed by atoms with E-state index in [-0.39, 0.29) is 0 Å². The molecule has 17 heavy (non-hydrogen) atoms. The van der Waals surface area contributed by atoms with Gasteiger partial charge >= 0.3 is 0 Å². The van der Waals surface area contributed by atoms with Crippen LogP contribution in [0.15, 0.2) is 6.07 Å². The standard InChI is InChI=1S/C13H25N3O/c1-6-16-12(7-11(4)15-16)8-14-13(9-17-5)10(2)3/h7,10,13-14H,6,8-9H2,1-5H3. The van der Waals surface area contributed by atoms with Gasteiger partial charge in [-0.05, 0) is 25.8 Å². The van der Waals surface area contributed by atoms with Crippen LogP contribution in [0, 0.1) is 12.8 Å². The Labute approximate surface area is 104 Å². The summed E-state index contributed by atoms with van der Waals surface area (Å²) in [6, 6.07) is 2.53. The largest absolute Gasteiger partial charge is 0.383 e. The van der Waals surface area contributed by atoms with Gasteiger partial charge in [0.15, 0.2) is 0 Å². The maximum atomic E-state index is 5.23. The van der Waals surface area contributed by atoms with E-state index in [4.69, 9.17) is 4.74 Å². The van der Waals surface area contributed by atoms with E-state index in [2.05, 4.69) is 37.3 Å². The monoisotopic (exact) mass is 239 g/mol. The first-order valence-electron chi connectivity index (χ1n) is 6.34. The SMILES string of the molecule is CCn1nc(C)cc1CNC(COC)C(C)C. The van der Waals surface area contributed by atoms with E-state index in [0.29, 0.717) is 12.0 Å². The molecule has 0 spiro atoms. The topological polar surface area (TPSA) is 39.1 Å². The predicted molar refractivity (Wildman–Crippen MR) is 70.0 cm³/mol. The fraction of sp³-hybridized carbons (Fsp3) is 0.769. The van der Waals surface area contributed by atoms with E-state index in [1.54, 1.807) is 7.11 Å². The number of aromatic nitrogens is 2. The van der Waals surface area contributed by atoms with Gasteiger partial charge in [-0.25, -0.2) is 0 Å². The quantitative estimate of drug-likeness (QED) is 0.790. The number of hydrogen-bond donors (Lipinski definition) is 1. The third-order valence-corrected chi connectivity index (χ3v) is 2.98. The molecular weight excluding hydrogens is 214 g/mol. The smallest absolute Gasteiger partial charge is 0.0618 e. The van der Waals surface area contributed by atoms with E-state index in [9.17, 15) is 0 Å². The Morgan fingerprint density at radius 2 is 2.18 bits per heavy atom. The molecule has 1 N–H and O–H groups in total. The van der Waals surface area contributed by atoms with Crippen molar-refractivity contribution in [2.24, 2.45) is 5.92 Å². The second kappa shape index (κ2) is 6.77. The second-order valence-corrected chi connectivity index (χ2v) is 4.78. The molecule has 1 heterocycles. The molecule has 1 aromatic heterocycles. The van der Waals surface area contributed by atoms with Crippen molar-refractivity contribution in [3.8, 4) is 0 Å². The van der Waals surface area contributed by atoms with Crippen LogP contribution in [-0.4, -0.2) is 29.5 Å². The maximum absolute atomic E-state index is 5.23. The predicted octanol–water partition coefficient (Wildman–Crippen LogP) is 1.97. The molecular formula is C13H25N3O. The van der Waals surface area contributed by atoms with Crippen molar-refractivity contribution < 1.29 is 4.74 Å². The van der Waals surface area contributed by atoms with Crippen LogP contribution < -0.4 is 5.32 Å². The number of methoxy groups -OCH3 is 1. The van der Waals surface area contributed by atoms with Crippen LogP contribution >= 0.6 is 0 Å². The summed E-state index contributed by atoms with van der Waals surface area (Å²) in [5.74, 6) is 0.564. The summed E-state index contributed by atoms with van der Waals surface area (Å²) >= 11 is 0. The average Bonchev–Trinajstić information content (AvgIpc) is 2.64. The van der Waals surface area contributed by atoms with Crippen molar-refractivity contribution in [2.45, 2.75) is 46.8 Å². The van der Waals surface area contributed by atoms with Gasteiger partial charge in [-0.3, -0.25) is 4.68 Å². The van der Waals surface area contributed by atoms with Crippen LogP contribution in [0.3, 0.4) is 0 Å². The highest BCUT2D eigenvalue weighted by Gasteiger charge is 2.13. The van der Waals surface area contributed by atoms with Gasteiger partial charge in [0.05, 0.1) is 18.0 Å². The zero-order valence-electron chi connectivity index (χ0n) is 11.7. The van der Waals surface area contributed by atoms with Gasteiger partial charge in [0.2, 0.25) is 0 Å². The van der Waals surface area contributed by atoms with E-state index >= 15 is 0 Å². The molecule has 0 saturated heterocycles. The van der Waals surface area contributed by atoms with Crippen molar-refractivity contribution in [3.63, 3.8) is 0 Å². The minimum atomic E-state index is 0.389. The van der Waals surface area contributed by atoms with E-state index < -0.39 is 0 Å². The average molecular weight is 239 g/mol. The molecule has 0 amide bonds. The van der Waals surface area contributed by atoms with Gasteiger partial charge in [0, 0.05) is 26.2 Å². The van der Waals surface area contributed by atoms with Crippen molar-refractivity contribution in [3.05, 3.63) is 17.5 Å². The van der Waals surface area contributed by atoms with Gasteiger partial charge < -0.3 is 10.1 Å². The Morgan fingerprint density at radius 1 is 1.47 bits per heavy atom. The highest BCUT2D eigenvalue weighted by Crippen LogP contribution is 2.07. The molecule has 1 atom stereocenters. The molecule has 0 aliphatic heterocycles. The van der Waals surface area contributed by atoms with Crippen LogP contribution in [0.1, 0.15) is 32.2 Å². The molecule has 1 unspecified atom stereocenters. The molecule has 98 valence electrons. The minimum Gasteiger partial charge on any atom is -0.383 e. The number of hydrogen-bond acceptors (Lipinski definition) is 3. The number of nitrogens with one attached hydrogen (secondary N) is 1. The molecule has 1 rings (SSSR count). The Balaban J connectivity index is 2.58. The Kier molecular flexibility index (Phi) is 5.65. The summed E-state index contributed by atoms with van der Waals surface area (Å²) in [4.78, 5) is 0. The first kappa shape index (κ1) is 14.2. The van der Waals surface area contributed by atoms with Gasteiger partial charge in [0.25, 0.3) is 0 Å². The third kappa shape index (κ3) is 4.13. The number of nitrogens with zero attached hydrogens (tertiary/aromatic N) is 2. The Hall–Kier alpha value is -0.870. The van der Waals surface area contributed by atoms with Crippen LogP contribution in [0.25, 0.3) is 0 Å². The lowest BCUT2D eigenvalue weighted by molar-refractivity contribution is 0.146. The second-order valence-electron chi connectivity index (χ2n) is 4.78. The summed E-state index contributed by atoms with van der Waals surface area (Å²) in [7, 11) is 1.75. The Bertz CT molecular complexity index is 333. The summed E-state index contributed by atoms with van der Waals surface area (Å²) in [6.07, 6.45) is 0. The lowest BCUT2D eigenvalue weighted by Gasteiger charge is -2.21. The van der Waals surface area contributed by atoms with Gasteiger partial charge in [0.1, 0.15) is 0 Å². The van der Waals surface area contributed by atoms with Gasteiger partial charge in [-0.1, -0.05) is 13.8 Å². The molecule has 0 saturated carbocycles. The van der Waals surface area contributed by atoms with Crippen molar-refractivity contribution in [2.75, 3.05) is 13.7 Å². The van der Waals surface area contributed by atoms with Crippen LogP contribution in [-0.2, 0) is 17.8 Å². The normalized spacial score (nSPS) is 13.3. The maximum Gasteiger partial charge on any atom is 0.0618 e. The number of ether oxygens (including phenoxy) is 1. The lowest BCUT2D eigenvalue weighted by Crippen LogP contribution is -2.37. The number of rotatable bonds is 7. The van der Waals surface area contributed by atoms with Crippen molar-refractivity contribution in [1.82, 2.24) is 15.1 Å². The summed E-state index contributed by atoms with van der Waals surface area (Å²) in [5.41, 5.74) is 2.32. The molecule has 1 aromatic rings. The molecule has 0 radical (unpaired) electrons. The van der Waals surface area contributed by atoms with Crippen LogP contribution in [0.2, 0.25) is 0 Å². The molecule has 4 nitrogen and oxygen atoms in total. The fourth-order valence-corrected chi connectivity index (χ4v) is 1.92. The lowest BCUT2D eigenvalue weighted by atomic mass is 10.1. The zero-order chi connectivity index (χ0) is 12.8. The minimum absolute atomic E-state index is 0.389. The summed E-state index contributed by atoms with van der Waals surface area (Å²) in [5, 5.41) is 7.98. The van der Waals surface area contributed by atoms with Gasteiger partial charge in [-0.2, -0.15) is 5.10 Å². The van der Waals surface area contributed by atoms with E-state index in [0.717, 1.165) is 25.4 Å². The molecule has 0 aliphatic carbocycles. The van der Waals surface area contributed by atoms with Gasteiger partial charge in [-0.15, -0.1) is 0 Å². The highest BCUT2D eigenvalue weighted by molar-refractivity contribution is 5.08. The first-order chi connectivity index (χ1) is 8.08. The fourth-order valence-electron chi connectivity index (χ4n) is 1.92. The van der Waals surface area contributed by atoms with Crippen molar-refractivity contribution in [1.29, 1.82) is 0 Å². The van der Waals surface area contributed by atoms with E-state index in [1.165, 1.54) is 5.69 Å². The first-order valence-corrected chi connectivity index (χ1v) is 6.34. The van der Waals surface area contributed by atoms with Crippen molar-refractivity contribution >= 4 is 0 Å². The molecule has 0 bridgehead atoms. The van der Waals surface area contributed by atoms with Crippen LogP contribution in [0.4, 0.5) is 0 Å². The number of aryl methyl sites for hydroxylation is 2. The summed E-state index contributed by atoms with van der Waals surface area (Å²) < 4.78 is 7.28.